The van der Waals surface area contributed by atoms with Crippen molar-refractivity contribution in [3.63, 3.8) is 0 Å². The van der Waals surface area contributed by atoms with Gasteiger partial charge in [0, 0.05) is 18.0 Å². The van der Waals surface area contributed by atoms with E-state index in [2.05, 4.69) is 30.7 Å². The standard InChI is InChI=1S/C28H34N2O2/c1-4-6-7-8-9-22-18-29-27(30-19-22)24-13-11-23(12-14-24)26-17-21(16-20(3)5-2)10-15-25(26)28(31)32/h10-15,17-20H,4-9,16H2,1-3H3,(H,31,32)/t20-/m0/s1. The van der Waals surface area contributed by atoms with Gasteiger partial charge in [-0.15, -0.1) is 0 Å². The molecular formula is C28H34N2O2. The molecule has 168 valence electrons. The fourth-order valence-electron chi connectivity index (χ4n) is 3.88. The highest BCUT2D eigenvalue weighted by Crippen LogP contribution is 2.28. The summed E-state index contributed by atoms with van der Waals surface area (Å²) in [6.07, 6.45) is 11.8. The molecule has 0 aliphatic rings. The van der Waals surface area contributed by atoms with Crippen LogP contribution in [-0.4, -0.2) is 21.0 Å². The van der Waals surface area contributed by atoms with E-state index in [1.807, 2.05) is 48.8 Å². The van der Waals surface area contributed by atoms with Gasteiger partial charge in [0.1, 0.15) is 0 Å². The predicted molar refractivity (Wildman–Crippen MR) is 131 cm³/mol. The first-order valence-electron chi connectivity index (χ1n) is 11.8. The van der Waals surface area contributed by atoms with Gasteiger partial charge in [0.25, 0.3) is 0 Å². The van der Waals surface area contributed by atoms with E-state index >= 15 is 0 Å². The van der Waals surface area contributed by atoms with Gasteiger partial charge in [-0.1, -0.05) is 82.9 Å². The third kappa shape index (κ3) is 6.25. The third-order valence-electron chi connectivity index (χ3n) is 6.07. The van der Waals surface area contributed by atoms with Crippen molar-refractivity contribution in [1.82, 2.24) is 9.97 Å². The summed E-state index contributed by atoms with van der Waals surface area (Å²) in [5.41, 5.74) is 5.25. The minimum atomic E-state index is -0.906. The molecule has 1 aromatic heterocycles. The second-order valence-corrected chi connectivity index (χ2v) is 8.71. The molecule has 2 aromatic carbocycles. The summed E-state index contributed by atoms with van der Waals surface area (Å²) >= 11 is 0. The minimum absolute atomic E-state index is 0.328. The molecule has 0 aliphatic heterocycles. The SMILES string of the molecule is CCCCCCc1cnc(-c2ccc(-c3cc(C[C@@H](C)CC)ccc3C(=O)O)cc2)nc1. The number of benzene rings is 2. The number of hydrogen-bond donors (Lipinski definition) is 1. The van der Waals surface area contributed by atoms with Crippen molar-refractivity contribution < 1.29 is 9.90 Å². The molecule has 0 unspecified atom stereocenters. The number of hydrogen-bond acceptors (Lipinski definition) is 3. The molecule has 0 fully saturated rings. The van der Waals surface area contributed by atoms with Gasteiger partial charge in [0.05, 0.1) is 5.56 Å². The maximum absolute atomic E-state index is 11.8. The number of carbonyl (C=O) groups is 1. The predicted octanol–water partition coefficient (Wildman–Crippen LogP) is 7.22. The molecule has 0 saturated heterocycles. The molecule has 1 atom stereocenters. The molecule has 3 aromatic rings. The van der Waals surface area contributed by atoms with Crippen LogP contribution in [0.4, 0.5) is 0 Å². The van der Waals surface area contributed by atoms with Gasteiger partial charge in [-0.2, -0.15) is 0 Å². The second-order valence-electron chi connectivity index (χ2n) is 8.71. The number of nitrogens with zero attached hydrogens (tertiary/aromatic N) is 2. The molecule has 0 saturated carbocycles. The van der Waals surface area contributed by atoms with Gasteiger partial charge in [0.2, 0.25) is 0 Å². The van der Waals surface area contributed by atoms with Gasteiger partial charge in [-0.3, -0.25) is 0 Å². The van der Waals surface area contributed by atoms with E-state index in [4.69, 9.17) is 0 Å². The Morgan fingerprint density at radius 1 is 0.906 bits per heavy atom. The Morgan fingerprint density at radius 3 is 2.22 bits per heavy atom. The molecule has 4 heteroatoms. The van der Waals surface area contributed by atoms with E-state index in [9.17, 15) is 9.90 Å². The van der Waals surface area contributed by atoms with Crippen LogP contribution in [0.1, 0.15) is 74.4 Å². The van der Waals surface area contributed by atoms with E-state index in [1.165, 1.54) is 36.8 Å². The van der Waals surface area contributed by atoms with Crippen LogP contribution in [0.3, 0.4) is 0 Å². The lowest BCUT2D eigenvalue weighted by Crippen LogP contribution is -2.03. The Balaban J connectivity index is 1.79. The summed E-state index contributed by atoms with van der Waals surface area (Å²) in [6, 6.07) is 13.6. The van der Waals surface area contributed by atoms with Crippen molar-refractivity contribution in [1.29, 1.82) is 0 Å². The molecule has 1 N–H and O–H groups in total. The molecule has 0 amide bonds. The molecule has 0 radical (unpaired) electrons. The lowest BCUT2D eigenvalue weighted by molar-refractivity contribution is 0.0697. The summed E-state index contributed by atoms with van der Waals surface area (Å²) in [6.45, 7) is 6.61. The van der Waals surface area contributed by atoms with Crippen molar-refractivity contribution in [2.75, 3.05) is 0 Å². The normalized spacial score (nSPS) is 12.0. The van der Waals surface area contributed by atoms with Crippen molar-refractivity contribution in [2.45, 2.75) is 65.7 Å². The van der Waals surface area contributed by atoms with Crippen LogP contribution >= 0.6 is 0 Å². The summed E-state index contributed by atoms with van der Waals surface area (Å²) in [5.74, 6) is 0.350. The van der Waals surface area contributed by atoms with Gasteiger partial charge >= 0.3 is 5.97 Å². The van der Waals surface area contributed by atoms with Gasteiger partial charge < -0.3 is 5.11 Å². The second kappa shape index (κ2) is 11.6. The van der Waals surface area contributed by atoms with Crippen molar-refractivity contribution >= 4 is 5.97 Å². The summed E-state index contributed by atoms with van der Waals surface area (Å²) in [4.78, 5) is 20.9. The number of carboxylic acids is 1. The molecule has 32 heavy (non-hydrogen) atoms. The Kier molecular flexibility index (Phi) is 8.55. The number of aromatic carboxylic acids is 1. The number of unbranched alkanes of at least 4 members (excludes halogenated alkanes) is 3. The summed E-state index contributed by atoms with van der Waals surface area (Å²) < 4.78 is 0. The molecule has 0 aliphatic carbocycles. The molecule has 4 nitrogen and oxygen atoms in total. The maximum atomic E-state index is 11.8. The quantitative estimate of drug-likeness (QED) is 0.326. The van der Waals surface area contributed by atoms with Gasteiger partial charge in [-0.25, -0.2) is 14.8 Å². The van der Waals surface area contributed by atoms with Crippen LogP contribution in [0.2, 0.25) is 0 Å². The van der Waals surface area contributed by atoms with Gasteiger partial charge in [0.15, 0.2) is 5.82 Å². The average molecular weight is 431 g/mol. The van der Waals surface area contributed by atoms with Crippen LogP contribution in [0, 0.1) is 5.92 Å². The molecule has 0 spiro atoms. The summed E-state index contributed by atoms with van der Waals surface area (Å²) in [5, 5.41) is 9.68. The van der Waals surface area contributed by atoms with E-state index in [0.29, 0.717) is 17.3 Å². The Bertz CT molecular complexity index is 1010. The monoisotopic (exact) mass is 430 g/mol. The van der Waals surface area contributed by atoms with Crippen LogP contribution in [0.25, 0.3) is 22.5 Å². The largest absolute Gasteiger partial charge is 0.478 e. The number of rotatable bonds is 11. The van der Waals surface area contributed by atoms with Crippen LogP contribution in [-0.2, 0) is 12.8 Å². The van der Waals surface area contributed by atoms with E-state index in [1.54, 1.807) is 6.07 Å². The number of aryl methyl sites for hydroxylation is 1. The first-order chi connectivity index (χ1) is 15.5. The fraction of sp³-hybridized carbons (Fsp3) is 0.393. The van der Waals surface area contributed by atoms with Crippen LogP contribution in [0.5, 0.6) is 0 Å². The Morgan fingerprint density at radius 2 is 1.59 bits per heavy atom. The van der Waals surface area contributed by atoms with Crippen LogP contribution < -0.4 is 0 Å². The lowest BCUT2D eigenvalue weighted by Gasteiger charge is -2.13. The molecular weight excluding hydrogens is 396 g/mol. The number of carboxylic acid groups (broad SMARTS) is 1. The molecule has 0 bridgehead atoms. The van der Waals surface area contributed by atoms with Crippen molar-refractivity contribution in [3.8, 4) is 22.5 Å². The highest BCUT2D eigenvalue weighted by Gasteiger charge is 2.14. The highest BCUT2D eigenvalue weighted by atomic mass is 16.4. The zero-order chi connectivity index (χ0) is 22.9. The Hall–Kier alpha value is -3.01. The minimum Gasteiger partial charge on any atom is -0.478 e. The van der Waals surface area contributed by atoms with Crippen molar-refractivity contribution in [3.05, 3.63) is 71.5 Å². The van der Waals surface area contributed by atoms with E-state index < -0.39 is 5.97 Å². The number of aromatic nitrogens is 2. The fourth-order valence-corrected chi connectivity index (χ4v) is 3.88. The average Bonchev–Trinajstić information content (AvgIpc) is 2.82. The smallest absolute Gasteiger partial charge is 0.336 e. The highest BCUT2D eigenvalue weighted by molar-refractivity contribution is 5.96. The van der Waals surface area contributed by atoms with E-state index in [0.717, 1.165) is 36.0 Å². The van der Waals surface area contributed by atoms with E-state index in [-0.39, 0.29) is 0 Å². The topological polar surface area (TPSA) is 63.1 Å². The summed E-state index contributed by atoms with van der Waals surface area (Å²) in [7, 11) is 0. The zero-order valence-corrected chi connectivity index (χ0v) is 19.5. The Labute approximate surface area is 191 Å². The first kappa shape index (κ1) is 23.6. The van der Waals surface area contributed by atoms with Crippen LogP contribution in [0.15, 0.2) is 54.9 Å². The molecule has 1 heterocycles. The zero-order valence-electron chi connectivity index (χ0n) is 19.5. The van der Waals surface area contributed by atoms with Gasteiger partial charge in [-0.05, 0) is 53.5 Å². The van der Waals surface area contributed by atoms with Crippen molar-refractivity contribution in [2.24, 2.45) is 5.92 Å². The third-order valence-corrected chi connectivity index (χ3v) is 6.07. The molecule has 3 rings (SSSR count). The first-order valence-corrected chi connectivity index (χ1v) is 11.8. The lowest BCUT2D eigenvalue weighted by atomic mass is 9.92. The maximum Gasteiger partial charge on any atom is 0.336 e.